The van der Waals surface area contributed by atoms with Crippen LogP contribution in [0.2, 0.25) is 0 Å². The fourth-order valence-corrected chi connectivity index (χ4v) is 3.69. The average molecular weight is 414 g/mol. The summed E-state index contributed by atoms with van der Waals surface area (Å²) in [4.78, 5) is 31.7. The van der Waals surface area contributed by atoms with Crippen molar-refractivity contribution in [3.8, 4) is 5.75 Å². The molecule has 1 atom stereocenters. The van der Waals surface area contributed by atoms with Crippen LogP contribution >= 0.6 is 0 Å². The molecule has 2 heterocycles. The van der Waals surface area contributed by atoms with E-state index in [-0.39, 0.29) is 11.3 Å². The zero-order chi connectivity index (χ0) is 22.0. The van der Waals surface area contributed by atoms with Gasteiger partial charge in [-0.25, -0.2) is 0 Å². The minimum atomic E-state index is -0.798. The molecule has 0 unspecified atom stereocenters. The highest BCUT2D eigenvalue weighted by atomic mass is 16.5. The number of carbonyl (C=O) groups is 2. The van der Waals surface area contributed by atoms with E-state index < -0.39 is 17.7 Å². The number of ketones is 1. The Morgan fingerprint density at radius 2 is 1.77 bits per heavy atom. The van der Waals surface area contributed by atoms with Gasteiger partial charge in [-0.05, 0) is 49.7 Å². The van der Waals surface area contributed by atoms with Crippen LogP contribution in [-0.4, -0.2) is 28.4 Å². The van der Waals surface area contributed by atoms with Crippen molar-refractivity contribution in [1.82, 2.24) is 4.98 Å². The number of benzene rings is 2. The van der Waals surface area contributed by atoms with Crippen LogP contribution < -0.4 is 9.64 Å². The summed E-state index contributed by atoms with van der Waals surface area (Å²) in [6.45, 7) is 4.35. The van der Waals surface area contributed by atoms with Crippen molar-refractivity contribution in [3.63, 3.8) is 0 Å². The van der Waals surface area contributed by atoms with E-state index in [1.165, 1.54) is 4.90 Å². The minimum Gasteiger partial charge on any atom is -0.507 e. The molecule has 4 rings (SSSR count). The first kappa shape index (κ1) is 20.3. The second-order valence-electron chi connectivity index (χ2n) is 7.25. The number of pyridine rings is 1. The fraction of sp³-hybridized carbons (Fsp3) is 0.160. The first-order valence-corrected chi connectivity index (χ1v) is 10.0. The fourth-order valence-electron chi connectivity index (χ4n) is 3.69. The molecule has 3 aromatic rings. The Morgan fingerprint density at radius 3 is 2.39 bits per heavy atom. The lowest BCUT2D eigenvalue weighted by Crippen LogP contribution is -2.29. The monoisotopic (exact) mass is 414 g/mol. The summed E-state index contributed by atoms with van der Waals surface area (Å²) in [5, 5.41) is 11.0. The standard InChI is InChI=1S/C25H22N2O4/c1-3-31-20-12-10-19(11-13-20)27-22(18-5-4-14-26-15-18)21(24(29)25(27)30)23(28)17-8-6-16(2)7-9-17/h4-15,22,28H,3H2,1-2H3/t22-/m0/s1. The molecule has 1 aliphatic heterocycles. The number of aromatic nitrogens is 1. The first-order valence-electron chi connectivity index (χ1n) is 10.0. The summed E-state index contributed by atoms with van der Waals surface area (Å²) in [5.74, 6) is -0.978. The van der Waals surface area contributed by atoms with Gasteiger partial charge in [0.15, 0.2) is 0 Å². The SMILES string of the molecule is CCOc1ccc(N2C(=O)C(=O)C(=C(O)c3ccc(C)cc3)[C@@H]2c2cccnc2)cc1. The minimum absolute atomic E-state index is 0.0377. The smallest absolute Gasteiger partial charge is 0.300 e. The van der Waals surface area contributed by atoms with Gasteiger partial charge in [-0.3, -0.25) is 19.5 Å². The summed E-state index contributed by atoms with van der Waals surface area (Å²) in [5.41, 5.74) is 2.70. The molecule has 156 valence electrons. The van der Waals surface area contributed by atoms with E-state index >= 15 is 0 Å². The number of aliphatic hydroxyl groups is 1. The summed E-state index contributed by atoms with van der Waals surface area (Å²) >= 11 is 0. The van der Waals surface area contributed by atoms with Crippen LogP contribution in [0.5, 0.6) is 5.75 Å². The molecule has 1 N–H and O–H groups in total. The highest BCUT2D eigenvalue weighted by Crippen LogP contribution is 2.42. The van der Waals surface area contributed by atoms with Crippen LogP contribution in [0.15, 0.2) is 78.6 Å². The number of carbonyl (C=O) groups excluding carboxylic acids is 2. The van der Waals surface area contributed by atoms with Crippen molar-refractivity contribution in [2.75, 3.05) is 11.5 Å². The van der Waals surface area contributed by atoms with Crippen LogP contribution in [-0.2, 0) is 9.59 Å². The van der Waals surface area contributed by atoms with Crippen LogP contribution in [0, 0.1) is 6.92 Å². The highest BCUT2D eigenvalue weighted by Gasteiger charge is 2.47. The second kappa shape index (κ2) is 8.44. The Bertz CT molecular complexity index is 1140. The number of Topliss-reactive ketones (excluding diaryl/α,β-unsaturated/α-hetero) is 1. The molecule has 0 radical (unpaired) electrons. The number of rotatable bonds is 5. The van der Waals surface area contributed by atoms with Gasteiger partial charge in [0, 0.05) is 23.6 Å². The molecular formula is C25H22N2O4. The van der Waals surface area contributed by atoms with E-state index in [0.29, 0.717) is 29.2 Å². The van der Waals surface area contributed by atoms with Crippen LogP contribution in [0.25, 0.3) is 5.76 Å². The quantitative estimate of drug-likeness (QED) is 0.380. The molecule has 0 spiro atoms. The van der Waals surface area contributed by atoms with Crippen molar-refractivity contribution < 1.29 is 19.4 Å². The number of hydrogen-bond donors (Lipinski definition) is 1. The van der Waals surface area contributed by atoms with E-state index in [1.807, 2.05) is 26.0 Å². The number of aliphatic hydroxyl groups excluding tert-OH is 1. The number of anilines is 1. The highest BCUT2D eigenvalue weighted by molar-refractivity contribution is 6.51. The van der Waals surface area contributed by atoms with Crippen LogP contribution in [0.4, 0.5) is 5.69 Å². The normalized spacial score (nSPS) is 17.7. The van der Waals surface area contributed by atoms with Gasteiger partial charge in [-0.2, -0.15) is 0 Å². The molecule has 0 saturated carbocycles. The number of hydrogen-bond acceptors (Lipinski definition) is 5. The van der Waals surface area contributed by atoms with Crippen molar-refractivity contribution in [3.05, 3.63) is 95.3 Å². The molecule has 6 nitrogen and oxygen atoms in total. The molecule has 31 heavy (non-hydrogen) atoms. The van der Waals surface area contributed by atoms with Crippen molar-refractivity contribution in [2.24, 2.45) is 0 Å². The Labute approximate surface area is 180 Å². The Morgan fingerprint density at radius 1 is 1.06 bits per heavy atom. The lowest BCUT2D eigenvalue weighted by atomic mass is 9.96. The maximum Gasteiger partial charge on any atom is 0.300 e. The summed E-state index contributed by atoms with van der Waals surface area (Å²) in [6.07, 6.45) is 3.22. The Hall–Kier alpha value is -3.93. The van der Waals surface area contributed by atoms with Crippen LogP contribution in [0.1, 0.15) is 29.7 Å². The molecule has 1 amide bonds. The van der Waals surface area contributed by atoms with E-state index in [2.05, 4.69) is 4.98 Å². The Balaban J connectivity index is 1.87. The first-order chi connectivity index (χ1) is 15.0. The third-order valence-electron chi connectivity index (χ3n) is 5.20. The molecule has 1 aromatic heterocycles. The zero-order valence-electron chi connectivity index (χ0n) is 17.3. The maximum absolute atomic E-state index is 13.1. The largest absolute Gasteiger partial charge is 0.507 e. The molecule has 1 saturated heterocycles. The number of amides is 1. The summed E-state index contributed by atoms with van der Waals surface area (Å²) in [7, 11) is 0. The van der Waals surface area contributed by atoms with E-state index in [1.54, 1.807) is 60.9 Å². The van der Waals surface area contributed by atoms with E-state index in [4.69, 9.17) is 4.74 Å². The third kappa shape index (κ3) is 3.80. The van der Waals surface area contributed by atoms with E-state index in [0.717, 1.165) is 5.56 Å². The molecule has 1 aliphatic rings. The van der Waals surface area contributed by atoms with Crippen molar-refractivity contribution in [1.29, 1.82) is 0 Å². The van der Waals surface area contributed by atoms with Gasteiger partial charge in [-0.15, -0.1) is 0 Å². The predicted octanol–water partition coefficient (Wildman–Crippen LogP) is 4.42. The third-order valence-corrected chi connectivity index (χ3v) is 5.20. The molecular weight excluding hydrogens is 392 g/mol. The zero-order valence-corrected chi connectivity index (χ0v) is 17.3. The predicted molar refractivity (Wildman–Crippen MR) is 118 cm³/mol. The number of nitrogens with zero attached hydrogens (tertiary/aromatic N) is 2. The van der Waals surface area contributed by atoms with Gasteiger partial charge in [0.2, 0.25) is 0 Å². The van der Waals surface area contributed by atoms with Gasteiger partial charge >= 0.3 is 0 Å². The average Bonchev–Trinajstić information content (AvgIpc) is 3.06. The molecule has 1 fully saturated rings. The molecule has 0 bridgehead atoms. The van der Waals surface area contributed by atoms with Gasteiger partial charge in [-0.1, -0.05) is 35.9 Å². The van der Waals surface area contributed by atoms with Crippen molar-refractivity contribution in [2.45, 2.75) is 19.9 Å². The Kier molecular flexibility index (Phi) is 5.54. The molecule has 2 aromatic carbocycles. The number of aryl methyl sites for hydroxylation is 1. The van der Waals surface area contributed by atoms with Gasteiger partial charge < -0.3 is 9.84 Å². The van der Waals surface area contributed by atoms with Gasteiger partial charge in [0.1, 0.15) is 11.5 Å². The maximum atomic E-state index is 13.1. The van der Waals surface area contributed by atoms with Crippen molar-refractivity contribution >= 4 is 23.1 Å². The summed E-state index contributed by atoms with van der Waals surface area (Å²) < 4.78 is 5.48. The molecule has 6 heteroatoms. The van der Waals surface area contributed by atoms with Gasteiger partial charge in [0.25, 0.3) is 11.7 Å². The summed E-state index contributed by atoms with van der Waals surface area (Å²) in [6, 6.07) is 16.8. The molecule has 0 aliphatic carbocycles. The number of ether oxygens (including phenoxy) is 1. The van der Waals surface area contributed by atoms with E-state index in [9.17, 15) is 14.7 Å². The lowest BCUT2D eigenvalue weighted by molar-refractivity contribution is -0.132. The lowest BCUT2D eigenvalue weighted by Gasteiger charge is -2.25. The van der Waals surface area contributed by atoms with Gasteiger partial charge in [0.05, 0.1) is 18.2 Å². The topological polar surface area (TPSA) is 79.7 Å². The second-order valence-corrected chi connectivity index (χ2v) is 7.25. The van der Waals surface area contributed by atoms with Crippen LogP contribution in [0.3, 0.4) is 0 Å².